The highest BCUT2D eigenvalue weighted by atomic mass is 16.1. The van der Waals surface area contributed by atoms with Crippen molar-refractivity contribution < 1.29 is 0 Å². The first-order chi connectivity index (χ1) is 18.3. The van der Waals surface area contributed by atoms with E-state index in [0.29, 0.717) is 35.9 Å². The molecule has 198 valence electrons. The van der Waals surface area contributed by atoms with Crippen molar-refractivity contribution in [2.75, 3.05) is 57.5 Å². The molecular weight excluding hydrogens is 478 g/mol. The smallest absolute Gasteiger partial charge is 0.278 e. The standard InChI is InChI=1S/C28H35N9O/c1-6-12-36-27(38)23-18-29-28(32-26(23)37(36)25-9-7-8-22(30-25)19-33(3)4)31-21-10-11-24(20(2)17-21)35-15-13-34(5)14-16-35/h6-11,17-18H,1,12-16,19H2,2-5H3,(H,29,31,32). The molecule has 0 spiro atoms. The lowest BCUT2D eigenvalue weighted by Crippen LogP contribution is -2.44. The number of hydrogen-bond donors (Lipinski definition) is 1. The maximum atomic E-state index is 13.2. The van der Waals surface area contributed by atoms with Crippen molar-refractivity contribution in [2.24, 2.45) is 0 Å². The zero-order chi connectivity index (χ0) is 26.8. The number of nitrogens with zero attached hydrogens (tertiary/aromatic N) is 8. The summed E-state index contributed by atoms with van der Waals surface area (Å²) >= 11 is 0. The van der Waals surface area contributed by atoms with E-state index in [1.54, 1.807) is 21.6 Å². The molecule has 0 atom stereocenters. The Labute approximate surface area is 222 Å². The van der Waals surface area contributed by atoms with E-state index < -0.39 is 0 Å². The van der Waals surface area contributed by atoms with Gasteiger partial charge in [0.25, 0.3) is 5.56 Å². The van der Waals surface area contributed by atoms with Crippen molar-refractivity contribution in [2.45, 2.75) is 20.0 Å². The van der Waals surface area contributed by atoms with Gasteiger partial charge in [-0.1, -0.05) is 12.1 Å². The van der Waals surface area contributed by atoms with Crippen LogP contribution in [0.5, 0.6) is 0 Å². The summed E-state index contributed by atoms with van der Waals surface area (Å²) < 4.78 is 3.35. The fourth-order valence-electron chi connectivity index (χ4n) is 4.87. The molecule has 4 aromatic rings. The predicted octanol–water partition coefficient (Wildman–Crippen LogP) is 3.03. The van der Waals surface area contributed by atoms with E-state index in [4.69, 9.17) is 9.97 Å². The van der Waals surface area contributed by atoms with Crippen molar-refractivity contribution in [3.05, 3.63) is 76.9 Å². The second-order valence-corrected chi connectivity index (χ2v) is 10.1. The van der Waals surface area contributed by atoms with Crippen molar-refractivity contribution in [3.8, 4) is 5.82 Å². The number of pyridine rings is 1. The van der Waals surface area contributed by atoms with Crippen molar-refractivity contribution in [3.63, 3.8) is 0 Å². The maximum absolute atomic E-state index is 13.2. The first kappa shape index (κ1) is 25.6. The Balaban J connectivity index is 1.50. The van der Waals surface area contributed by atoms with Crippen LogP contribution in [0.25, 0.3) is 16.9 Å². The average molecular weight is 514 g/mol. The summed E-state index contributed by atoms with van der Waals surface area (Å²) in [6, 6.07) is 12.1. The van der Waals surface area contributed by atoms with Gasteiger partial charge in [0, 0.05) is 50.3 Å². The number of hydrogen-bond acceptors (Lipinski definition) is 8. The van der Waals surface area contributed by atoms with Crippen molar-refractivity contribution in [1.29, 1.82) is 0 Å². The van der Waals surface area contributed by atoms with Crippen LogP contribution in [-0.4, -0.2) is 81.4 Å². The third-order valence-electron chi connectivity index (χ3n) is 6.76. The molecule has 3 aromatic heterocycles. The Morgan fingerprint density at radius 2 is 1.89 bits per heavy atom. The van der Waals surface area contributed by atoms with Crippen LogP contribution < -0.4 is 15.8 Å². The van der Waals surface area contributed by atoms with Crippen LogP contribution in [0.2, 0.25) is 0 Å². The number of allylic oxidation sites excluding steroid dienone is 1. The van der Waals surface area contributed by atoms with Gasteiger partial charge in [-0.25, -0.2) is 19.3 Å². The van der Waals surface area contributed by atoms with E-state index in [0.717, 1.165) is 37.6 Å². The van der Waals surface area contributed by atoms with E-state index in [1.807, 2.05) is 32.3 Å². The van der Waals surface area contributed by atoms with Crippen LogP contribution in [0, 0.1) is 6.92 Å². The lowest BCUT2D eigenvalue weighted by molar-refractivity contribution is 0.312. The fourth-order valence-corrected chi connectivity index (χ4v) is 4.87. The molecule has 4 heterocycles. The summed E-state index contributed by atoms with van der Waals surface area (Å²) in [6.45, 7) is 11.1. The minimum Gasteiger partial charge on any atom is -0.369 e. The molecule has 5 rings (SSSR count). The Morgan fingerprint density at radius 3 is 2.61 bits per heavy atom. The van der Waals surface area contributed by atoms with Gasteiger partial charge in [0.05, 0.1) is 12.2 Å². The summed E-state index contributed by atoms with van der Waals surface area (Å²) in [5, 5.41) is 3.76. The van der Waals surface area contributed by atoms with E-state index >= 15 is 0 Å². The summed E-state index contributed by atoms with van der Waals surface area (Å²) in [7, 11) is 6.16. The summed E-state index contributed by atoms with van der Waals surface area (Å²) in [5.41, 5.74) is 4.55. The van der Waals surface area contributed by atoms with Gasteiger partial charge in [-0.3, -0.25) is 4.79 Å². The van der Waals surface area contributed by atoms with E-state index in [9.17, 15) is 4.79 Å². The Hall–Kier alpha value is -4.02. The Bertz CT molecular complexity index is 1510. The highest BCUT2D eigenvalue weighted by molar-refractivity contribution is 5.77. The zero-order valence-corrected chi connectivity index (χ0v) is 22.6. The van der Waals surface area contributed by atoms with Gasteiger partial charge < -0.3 is 20.0 Å². The van der Waals surface area contributed by atoms with Gasteiger partial charge in [-0.15, -0.1) is 6.58 Å². The predicted molar refractivity (Wildman–Crippen MR) is 153 cm³/mol. The lowest BCUT2D eigenvalue weighted by atomic mass is 10.1. The van der Waals surface area contributed by atoms with Crippen molar-refractivity contribution >= 4 is 28.4 Å². The van der Waals surface area contributed by atoms with Gasteiger partial charge in [-0.05, 0) is 64.0 Å². The van der Waals surface area contributed by atoms with E-state index in [-0.39, 0.29) is 5.56 Å². The van der Waals surface area contributed by atoms with Crippen LogP contribution >= 0.6 is 0 Å². The van der Waals surface area contributed by atoms with Crippen LogP contribution in [0.1, 0.15) is 11.3 Å². The zero-order valence-electron chi connectivity index (χ0n) is 22.6. The molecule has 0 unspecified atom stereocenters. The van der Waals surface area contributed by atoms with Crippen LogP contribution in [-0.2, 0) is 13.1 Å². The minimum atomic E-state index is -0.182. The first-order valence-electron chi connectivity index (χ1n) is 12.9. The highest BCUT2D eigenvalue weighted by Crippen LogP contribution is 2.26. The number of aryl methyl sites for hydroxylation is 1. The number of rotatable bonds is 8. The molecule has 10 heteroatoms. The van der Waals surface area contributed by atoms with Gasteiger partial charge >= 0.3 is 0 Å². The third kappa shape index (κ3) is 5.18. The molecule has 1 fully saturated rings. The molecule has 38 heavy (non-hydrogen) atoms. The maximum Gasteiger partial charge on any atom is 0.278 e. The van der Waals surface area contributed by atoms with E-state index in [2.05, 4.69) is 63.7 Å². The Morgan fingerprint density at radius 1 is 1.11 bits per heavy atom. The van der Waals surface area contributed by atoms with Gasteiger partial charge in [-0.2, -0.15) is 4.98 Å². The molecule has 1 aromatic carbocycles. The lowest BCUT2D eigenvalue weighted by Gasteiger charge is -2.35. The fraction of sp³-hybridized carbons (Fsp3) is 0.357. The molecule has 1 aliphatic heterocycles. The SMILES string of the molecule is C=CCn1c(=O)c2cnc(Nc3ccc(N4CCN(C)CC4)c(C)c3)nc2n1-c1cccc(CN(C)C)n1. The molecule has 0 bridgehead atoms. The van der Waals surface area contributed by atoms with Crippen LogP contribution in [0.4, 0.5) is 17.3 Å². The number of benzene rings is 1. The summed E-state index contributed by atoms with van der Waals surface area (Å²) in [5.74, 6) is 1.04. The number of fused-ring (bicyclic) bond motifs is 1. The van der Waals surface area contributed by atoms with Gasteiger partial charge in [0.15, 0.2) is 11.5 Å². The third-order valence-corrected chi connectivity index (χ3v) is 6.76. The number of likely N-dealkylation sites (N-methyl/N-ethyl adjacent to an activating group) is 1. The molecule has 1 aliphatic rings. The summed E-state index contributed by atoms with van der Waals surface area (Å²) in [6.07, 6.45) is 3.27. The number of anilines is 3. The molecule has 0 amide bonds. The second-order valence-electron chi connectivity index (χ2n) is 10.1. The molecule has 0 saturated carbocycles. The largest absolute Gasteiger partial charge is 0.369 e. The second kappa shape index (κ2) is 10.8. The first-order valence-corrected chi connectivity index (χ1v) is 12.9. The summed E-state index contributed by atoms with van der Waals surface area (Å²) in [4.78, 5) is 34.1. The number of nitrogens with one attached hydrogen (secondary N) is 1. The molecule has 10 nitrogen and oxygen atoms in total. The van der Waals surface area contributed by atoms with Crippen LogP contribution in [0.3, 0.4) is 0 Å². The van der Waals surface area contributed by atoms with Crippen LogP contribution in [0.15, 0.2) is 60.0 Å². The van der Waals surface area contributed by atoms with E-state index in [1.165, 1.54) is 11.3 Å². The normalized spacial score (nSPS) is 14.4. The molecule has 1 N–H and O–H groups in total. The molecule has 0 aliphatic carbocycles. The number of aromatic nitrogens is 5. The molecule has 0 radical (unpaired) electrons. The average Bonchev–Trinajstić information content (AvgIpc) is 3.15. The van der Waals surface area contributed by atoms with Gasteiger partial charge in [0.2, 0.25) is 5.95 Å². The van der Waals surface area contributed by atoms with Gasteiger partial charge in [0.1, 0.15) is 5.39 Å². The monoisotopic (exact) mass is 513 g/mol. The minimum absolute atomic E-state index is 0.182. The topological polar surface area (TPSA) is 87.3 Å². The quantitative estimate of drug-likeness (QED) is 0.360. The number of piperazine rings is 1. The molecule has 1 saturated heterocycles. The molecular formula is C28H35N9O. The Kier molecular flexibility index (Phi) is 7.26. The van der Waals surface area contributed by atoms with Crippen molar-refractivity contribution in [1.82, 2.24) is 34.1 Å². The highest BCUT2D eigenvalue weighted by Gasteiger charge is 2.19.